The smallest absolute Gasteiger partial charge is 0.0579 e. The van der Waals surface area contributed by atoms with Crippen LogP contribution in [-0.4, -0.2) is 11.5 Å². The highest BCUT2D eigenvalue weighted by molar-refractivity contribution is 5.21. The van der Waals surface area contributed by atoms with E-state index in [2.05, 4.69) is 52.1 Å². The Labute approximate surface area is 112 Å². The molecule has 0 aromatic carbocycles. The van der Waals surface area contributed by atoms with Crippen LogP contribution in [0, 0.1) is 19.8 Å². The molecule has 0 fully saturated rings. The van der Waals surface area contributed by atoms with Crippen LogP contribution in [-0.2, 0) is 0 Å². The average molecular weight is 248 g/mol. The van der Waals surface area contributed by atoms with Gasteiger partial charge < -0.3 is 5.32 Å². The van der Waals surface area contributed by atoms with Crippen molar-refractivity contribution in [2.45, 2.75) is 59.9 Å². The van der Waals surface area contributed by atoms with Gasteiger partial charge in [-0.05, 0) is 63.3 Å². The molecule has 102 valence electrons. The Morgan fingerprint density at radius 2 is 1.89 bits per heavy atom. The Morgan fingerprint density at radius 1 is 1.17 bits per heavy atom. The van der Waals surface area contributed by atoms with Crippen LogP contribution < -0.4 is 5.32 Å². The van der Waals surface area contributed by atoms with Crippen molar-refractivity contribution in [2.75, 3.05) is 6.54 Å². The number of aromatic nitrogens is 1. The molecule has 1 rings (SSSR count). The average Bonchev–Trinajstić information content (AvgIpc) is 2.27. The van der Waals surface area contributed by atoms with Gasteiger partial charge in [-0.1, -0.05) is 20.8 Å². The number of hydrogen-bond donors (Lipinski definition) is 1. The largest absolute Gasteiger partial charge is 0.309 e. The molecular formula is C16H28N2. The van der Waals surface area contributed by atoms with E-state index >= 15 is 0 Å². The molecule has 18 heavy (non-hydrogen) atoms. The lowest BCUT2D eigenvalue weighted by molar-refractivity contribution is 0.433. The van der Waals surface area contributed by atoms with Crippen molar-refractivity contribution in [3.63, 3.8) is 0 Å². The number of hydrogen-bond acceptors (Lipinski definition) is 2. The third kappa shape index (κ3) is 5.18. The minimum atomic E-state index is 0.408. The molecule has 2 nitrogen and oxygen atoms in total. The van der Waals surface area contributed by atoms with Crippen molar-refractivity contribution in [1.29, 1.82) is 0 Å². The van der Waals surface area contributed by atoms with Crippen molar-refractivity contribution in [1.82, 2.24) is 10.3 Å². The number of pyridine rings is 1. The van der Waals surface area contributed by atoms with E-state index in [9.17, 15) is 0 Å². The fourth-order valence-corrected chi connectivity index (χ4v) is 2.22. The molecule has 0 aliphatic rings. The Hall–Kier alpha value is -0.890. The normalized spacial score (nSPS) is 13.0. The van der Waals surface area contributed by atoms with Gasteiger partial charge in [-0.2, -0.15) is 0 Å². The van der Waals surface area contributed by atoms with Crippen LogP contribution in [0.2, 0.25) is 0 Å². The second kappa shape index (κ2) is 7.52. The van der Waals surface area contributed by atoms with Crippen molar-refractivity contribution in [3.05, 3.63) is 29.1 Å². The molecule has 2 heteroatoms. The van der Waals surface area contributed by atoms with Crippen molar-refractivity contribution >= 4 is 0 Å². The molecule has 0 amide bonds. The molecule has 0 spiro atoms. The van der Waals surface area contributed by atoms with Gasteiger partial charge >= 0.3 is 0 Å². The predicted octanol–water partition coefficient (Wildman–Crippen LogP) is 4.18. The molecule has 1 heterocycles. The molecular weight excluding hydrogens is 220 g/mol. The minimum absolute atomic E-state index is 0.408. The SMILES string of the molecule is CCCNC(CCC(C)C)c1cc(C)cc(C)n1. The standard InChI is InChI=1S/C16H28N2/c1-6-9-17-15(8-7-12(2)3)16-11-13(4)10-14(5)18-16/h10-12,15,17H,6-9H2,1-5H3. The lowest BCUT2D eigenvalue weighted by Crippen LogP contribution is -2.23. The Morgan fingerprint density at radius 3 is 2.44 bits per heavy atom. The fourth-order valence-electron chi connectivity index (χ4n) is 2.22. The predicted molar refractivity (Wildman–Crippen MR) is 78.8 cm³/mol. The Kier molecular flexibility index (Phi) is 6.34. The van der Waals surface area contributed by atoms with E-state index in [1.165, 1.54) is 30.5 Å². The molecule has 0 aliphatic carbocycles. The zero-order valence-electron chi connectivity index (χ0n) is 12.6. The first-order valence-corrected chi connectivity index (χ1v) is 7.21. The summed E-state index contributed by atoms with van der Waals surface area (Å²) < 4.78 is 0. The molecule has 1 unspecified atom stereocenters. The van der Waals surface area contributed by atoms with Gasteiger partial charge in [0.1, 0.15) is 0 Å². The Balaban J connectivity index is 2.79. The van der Waals surface area contributed by atoms with Crippen LogP contribution in [0.4, 0.5) is 0 Å². The first kappa shape index (κ1) is 15.2. The monoisotopic (exact) mass is 248 g/mol. The molecule has 1 aromatic rings. The van der Waals surface area contributed by atoms with Crippen LogP contribution in [0.1, 0.15) is 63.0 Å². The fraction of sp³-hybridized carbons (Fsp3) is 0.688. The highest BCUT2D eigenvalue weighted by atomic mass is 14.9. The highest BCUT2D eigenvalue weighted by Gasteiger charge is 2.13. The van der Waals surface area contributed by atoms with Crippen LogP contribution in [0.3, 0.4) is 0 Å². The van der Waals surface area contributed by atoms with Gasteiger partial charge in [-0.3, -0.25) is 4.98 Å². The van der Waals surface area contributed by atoms with Gasteiger partial charge in [-0.15, -0.1) is 0 Å². The molecule has 0 bridgehead atoms. The highest BCUT2D eigenvalue weighted by Crippen LogP contribution is 2.21. The third-order valence-corrected chi connectivity index (χ3v) is 3.15. The minimum Gasteiger partial charge on any atom is -0.309 e. The summed E-state index contributed by atoms with van der Waals surface area (Å²) in [6.45, 7) is 12.1. The van der Waals surface area contributed by atoms with E-state index < -0.39 is 0 Å². The topological polar surface area (TPSA) is 24.9 Å². The zero-order valence-corrected chi connectivity index (χ0v) is 12.6. The quantitative estimate of drug-likeness (QED) is 0.783. The summed E-state index contributed by atoms with van der Waals surface area (Å²) in [6.07, 6.45) is 3.59. The summed E-state index contributed by atoms with van der Waals surface area (Å²) in [7, 11) is 0. The van der Waals surface area contributed by atoms with Crippen LogP contribution in [0.5, 0.6) is 0 Å². The summed E-state index contributed by atoms with van der Waals surface area (Å²) in [4.78, 5) is 4.70. The van der Waals surface area contributed by atoms with Gasteiger partial charge in [0.15, 0.2) is 0 Å². The van der Waals surface area contributed by atoms with E-state index in [-0.39, 0.29) is 0 Å². The number of nitrogens with zero attached hydrogens (tertiary/aromatic N) is 1. The summed E-state index contributed by atoms with van der Waals surface area (Å²) in [5.74, 6) is 0.752. The lowest BCUT2D eigenvalue weighted by atomic mass is 9.99. The second-order valence-corrected chi connectivity index (χ2v) is 5.69. The van der Waals surface area contributed by atoms with E-state index in [1.807, 2.05) is 0 Å². The van der Waals surface area contributed by atoms with E-state index in [0.29, 0.717) is 6.04 Å². The van der Waals surface area contributed by atoms with E-state index in [4.69, 9.17) is 4.98 Å². The molecule has 1 atom stereocenters. The van der Waals surface area contributed by atoms with Gasteiger partial charge in [-0.25, -0.2) is 0 Å². The second-order valence-electron chi connectivity index (χ2n) is 5.69. The third-order valence-electron chi connectivity index (χ3n) is 3.15. The van der Waals surface area contributed by atoms with Gasteiger partial charge in [0.25, 0.3) is 0 Å². The van der Waals surface area contributed by atoms with Gasteiger partial charge in [0.2, 0.25) is 0 Å². The van der Waals surface area contributed by atoms with Gasteiger partial charge in [0, 0.05) is 11.7 Å². The molecule has 0 aliphatic heterocycles. The first-order chi connectivity index (χ1) is 8.52. The summed E-state index contributed by atoms with van der Waals surface area (Å²) >= 11 is 0. The number of rotatable bonds is 7. The van der Waals surface area contributed by atoms with Crippen LogP contribution in [0.25, 0.3) is 0 Å². The summed E-state index contributed by atoms with van der Waals surface area (Å²) in [5, 5.41) is 3.63. The van der Waals surface area contributed by atoms with Crippen molar-refractivity contribution in [3.8, 4) is 0 Å². The van der Waals surface area contributed by atoms with Crippen LogP contribution in [0.15, 0.2) is 12.1 Å². The maximum atomic E-state index is 4.70. The molecule has 0 saturated carbocycles. The summed E-state index contributed by atoms with van der Waals surface area (Å²) in [5.41, 5.74) is 3.64. The van der Waals surface area contributed by atoms with Crippen molar-refractivity contribution in [2.24, 2.45) is 5.92 Å². The van der Waals surface area contributed by atoms with E-state index in [1.54, 1.807) is 0 Å². The maximum Gasteiger partial charge on any atom is 0.0579 e. The Bertz CT molecular complexity index is 338. The number of nitrogens with one attached hydrogen (secondary N) is 1. The van der Waals surface area contributed by atoms with Gasteiger partial charge in [0.05, 0.1) is 5.69 Å². The molecule has 1 N–H and O–H groups in total. The molecule has 1 aromatic heterocycles. The zero-order chi connectivity index (χ0) is 13.5. The lowest BCUT2D eigenvalue weighted by Gasteiger charge is -2.20. The van der Waals surface area contributed by atoms with E-state index in [0.717, 1.165) is 18.2 Å². The summed E-state index contributed by atoms with van der Waals surface area (Å²) in [6, 6.07) is 4.77. The van der Waals surface area contributed by atoms with Crippen molar-refractivity contribution < 1.29 is 0 Å². The number of aryl methyl sites for hydroxylation is 2. The first-order valence-electron chi connectivity index (χ1n) is 7.21. The molecule has 0 radical (unpaired) electrons. The maximum absolute atomic E-state index is 4.70. The van der Waals surface area contributed by atoms with Crippen LogP contribution >= 0.6 is 0 Å². The molecule has 0 saturated heterocycles.